The number of rotatable bonds is 2. The highest BCUT2D eigenvalue weighted by Gasteiger charge is 2.06. The van der Waals surface area contributed by atoms with Crippen LogP contribution in [-0.4, -0.2) is 19.2 Å². The first-order valence-corrected chi connectivity index (χ1v) is 4.71. The number of nitrogens with zero attached hydrogens (tertiary/aromatic N) is 2. The van der Waals surface area contributed by atoms with Gasteiger partial charge < -0.3 is 9.47 Å². The maximum absolute atomic E-state index is 8.78. The summed E-state index contributed by atoms with van der Waals surface area (Å²) in [4.78, 5) is 4.19. The van der Waals surface area contributed by atoms with Gasteiger partial charge in [0.2, 0.25) is 0 Å². The van der Waals surface area contributed by atoms with Crippen molar-refractivity contribution < 1.29 is 9.47 Å². The lowest BCUT2D eigenvalue weighted by Crippen LogP contribution is -1.91. The van der Waals surface area contributed by atoms with Crippen LogP contribution in [0.2, 0.25) is 0 Å². The lowest BCUT2D eigenvalue weighted by molar-refractivity contribution is 0.398. The van der Waals surface area contributed by atoms with Crippen molar-refractivity contribution in [3.63, 3.8) is 0 Å². The van der Waals surface area contributed by atoms with Crippen molar-refractivity contribution in [3.8, 4) is 17.6 Å². The second-order valence-electron chi connectivity index (χ2n) is 3.20. The molecule has 0 spiro atoms. The van der Waals surface area contributed by atoms with Gasteiger partial charge in [-0.2, -0.15) is 5.26 Å². The van der Waals surface area contributed by atoms with E-state index in [1.54, 1.807) is 32.4 Å². The number of benzene rings is 1. The summed E-state index contributed by atoms with van der Waals surface area (Å²) in [5.41, 5.74) is 1.07. The second kappa shape index (κ2) is 4.07. The highest BCUT2D eigenvalue weighted by molar-refractivity contribution is 5.87. The molecule has 2 aromatic rings. The predicted octanol–water partition coefficient (Wildman–Crippen LogP) is 2.12. The SMILES string of the molecule is COc1cc(OC)c2ccc(C#N)nc2c1. The monoisotopic (exact) mass is 214 g/mol. The van der Waals surface area contributed by atoms with Crippen molar-refractivity contribution in [1.29, 1.82) is 5.26 Å². The average molecular weight is 214 g/mol. The Morgan fingerprint density at radius 2 is 2.00 bits per heavy atom. The first kappa shape index (κ1) is 10.2. The van der Waals surface area contributed by atoms with Gasteiger partial charge in [-0.05, 0) is 12.1 Å². The number of ether oxygens (including phenoxy) is 2. The standard InChI is InChI=1S/C12H10N2O2/c1-15-9-5-11-10(12(6-9)16-2)4-3-8(7-13)14-11/h3-6H,1-2H3. The lowest BCUT2D eigenvalue weighted by Gasteiger charge is -2.07. The summed E-state index contributed by atoms with van der Waals surface area (Å²) < 4.78 is 10.4. The maximum Gasteiger partial charge on any atom is 0.141 e. The van der Waals surface area contributed by atoms with Crippen LogP contribution in [0.1, 0.15) is 5.69 Å². The van der Waals surface area contributed by atoms with Gasteiger partial charge in [-0.3, -0.25) is 0 Å². The van der Waals surface area contributed by atoms with Crippen LogP contribution < -0.4 is 9.47 Å². The molecule has 1 aromatic carbocycles. The third kappa shape index (κ3) is 1.63. The molecule has 0 amide bonds. The molecular formula is C12H10N2O2. The summed E-state index contributed by atoms with van der Waals surface area (Å²) in [5, 5.41) is 9.64. The Balaban J connectivity index is 2.75. The molecule has 0 aliphatic carbocycles. The van der Waals surface area contributed by atoms with Crippen molar-refractivity contribution in [1.82, 2.24) is 4.98 Å². The topological polar surface area (TPSA) is 55.1 Å². The minimum atomic E-state index is 0.378. The first-order chi connectivity index (χ1) is 7.78. The predicted molar refractivity (Wildman–Crippen MR) is 59.6 cm³/mol. The summed E-state index contributed by atoms with van der Waals surface area (Å²) in [6.07, 6.45) is 0. The molecule has 0 bridgehead atoms. The normalized spacial score (nSPS) is 9.81. The highest BCUT2D eigenvalue weighted by Crippen LogP contribution is 2.29. The molecule has 0 aliphatic heterocycles. The number of hydrogen-bond acceptors (Lipinski definition) is 4. The van der Waals surface area contributed by atoms with Gasteiger partial charge in [0.15, 0.2) is 0 Å². The van der Waals surface area contributed by atoms with Crippen molar-refractivity contribution in [2.75, 3.05) is 14.2 Å². The van der Waals surface area contributed by atoms with Crippen LogP contribution in [-0.2, 0) is 0 Å². The van der Waals surface area contributed by atoms with E-state index in [1.807, 2.05) is 12.1 Å². The lowest BCUT2D eigenvalue weighted by atomic mass is 10.1. The average Bonchev–Trinajstić information content (AvgIpc) is 2.36. The number of methoxy groups -OCH3 is 2. The number of nitriles is 1. The van der Waals surface area contributed by atoms with Crippen LogP contribution >= 0.6 is 0 Å². The van der Waals surface area contributed by atoms with E-state index in [0.717, 1.165) is 5.39 Å². The number of hydrogen-bond donors (Lipinski definition) is 0. The molecule has 0 saturated heterocycles. The zero-order valence-corrected chi connectivity index (χ0v) is 9.02. The van der Waals surface area contributed by atoms with Crippen molar-refractivity contribution >= 4 is 10.9 Å². The summed E-state index contributed by atoms with van der Waals surface area (Å²) in [6, 6.07) is 9.05. The Labute approximate surface area is 93.0 Å². The van der Waals surface area contributed by atoms with Gasteiger partial charge in [-0.15, -0.1) is 0 Å². The zero-order valence-electron chi connectivity index (χ0n) is 9.02. The molecule has 1 heterocycles. The molecule has 80 valence electrons. The fraction of sp³-hybridized carbons (Fsp3) is 0.167. The van der Waals surface area contributed by atoms with E-state index < -0.39 is 0 Å². The molecular weight excluding hydrogens is 204 g/mol. The third-order valence-corrected chi connectivity index (χ3v) is 2.31. The van der Waals surface area contributed by atoms with Crippen LogP contribution in [0.25, 0.3) is 10.9 Å². The maximum atomic E-state index is 8.78. The molecule has 0 N–H and O–H groups in total. The Morgan fingerprint density at radius 3 is 2.62 bits per heavy atom. The van der Waals surface area contributed by atoms with Crippen LogP contribution in [0.15, 0.2) is 24.3 Å². The van der Waals surface area contributed by atoms with Gasteiger partial charge in [0.1, 0.15) is 23.3 Å². The quantitative estimate of drug-likeness (QED) is 0.768. The van der Waals surface area contributed by atoms with Crippen LogP contribution in [0.5, 0.6) is 11.5 Å². The third-order valence-electron chi connectivity index (χ3n) is 2.31. The van der Waals surface area contributed by atoms with E-state index in [-0.39, 0.29) is 0 Å². The smallest absolute Gasteiger partial charge is 0.141 e. The van der Waals surface area contributed by atoms with Crippen LogP contribution in [0, 0.1) is 11.3 Å². The molecule has 0 fully saturated rings. The van der Waals surface area contributed by atoms with Gasteiger partial charge in [0.25, 0.3) is 0 Å². The molecule has 2 rings (SSSR count). The first-order valence-electron chi connectivity index (χ1n) is 4.71. The number of pyridine rings is 1. The molecule has 1 aromatic heterocycles. The molecule has 0 aliphatic rings. The Kier molecular flexibility index (Phi) is 2.61. The summed E-state index contributed by atoms with van der Waals surface area (Å²) in [6.45, 7) is 0. The number of fused-ring (bicyclic) bond motifs is 1. The summed E-state index contributed by atoms with van der Waals surface area (Å²) in [5.74, 6) is 1.35. The zero-order chi connectivity index (χ0) is 11.5. The Bertz CT molecular complexity index is 573. The highest BCUT2D eigenvalue weighted by atomic mass is 16.5. The largest absolute Gasteiger partial charge is 0.497 e. The molecule has 0 saturated carbocycles. The summed E-state index contributed by atoms with van der Waals surface area (Å²) >= 11 is 0. The molecule has 0 atom stereocenters. The van der Waals surface area contributed by atoms with Crippen LogP contribution in [0.3, 0.4) is 0 Å². The van der Waals surface area contributed by atoms with Gasteiger partial charge in [0.05, 0.1) is 19.7 Å². The molecule has 16 heavy (non-hydrogen) atoms. The minimum absolute atomic E-state index is 0.378. The summed E-state index contributed by atoms with van der Waals surface area (Å²) in [7, 11) is 3.17. The van der Waals surface area contributed by atoms with E-state index in [4.69, 9.17) is 14.7 Å². The van der Waals surface area contributed by atoms with E-state index in [1.165, 1.54) is 0 Å². The van der Waals surface area contributed by atoms with Crippen molar-refractivity contribution in [2.24, 2.45) is 0 Å². The van der Waals surface area contributed by atoms with E-state index in [0.29, 0.717) is 22.7 Å². The Hall–Kier alpha value is -2.28. The number of aromatic nitrogens is 1. The molecule has 0 radical (unpaired) electrons. The fourth-order valence-electron chi connectivity index (χ4n) is 1.53. The molecule has 4 heteroatoms. The van der Waals surface area contributed by atoms with Gasteiger partial charge in [0, 0.05) is 17.5 Å². The Morgan fingerprint density at radius 1 is 1.19 bits per heavy atom. The van der Waals surface area contributed by atoms with E-state index in [9.17, 15) is 0 Å². The second-order valence-corrected chi connectivity index (χ2v) is 3.20. The van der Waals surface area contributed by atoms with Crippen molar-refractivity contribution in [2.45, 2.75) is 0 Å². The molecule has 4 nitrogen and oxygen atoms in total. The van der Waals surface area contributed by atoms with E-state index >= 15 is 0 Å². The van der Waals surface area contributed by atoms with Crippen molar-refractivity contribution in [3.05, 3.63) is 30.0 Å². The van der Waals surface area contributed by atoms with E-state index in [2.05, 4.69) is 4.98 Å². The minimum Gasteiger partial charge on any atom is -0.497 e. The fourth-order valence-corrected chi connectivity index (χ4v) is 1.53. The van der Waals surface area contributed by atoms with Crippen LogP contribution in [0.4, 0.5) is 0 Å². The van der Waals surface area contributed by atoms with Gasteiger partial charge >= 0.3 is 0 Å². The molecule has 0 unspecified atom stereocenters. The van der Waals surface area contributed by atoms with Gasteiger partial charge in [-0.25, -0.2) is 4.98 Å². The van der Waals surface area contributed by atoms with Gasteiger partial charge in [-0.1, -0.05) is 0 Å².